The van der Waals surface area contributed by atoms with Crippen LogP contribution in [0.15, 0.2) is 36.4 Å². The molecule has 2 aromatic carbocycles. The number of hydrogen-bond donors (Lipinski definition) is 2. The van der Waals surface area contributed by atoms with Crippen molar-refractivity contribution >= 4 is 10.8 Å². The normalized spacial score (nSPS) is 13.0. The van der Waals surface area contributed by atoms with Gasteiger partial charge in [0.15, 0.2) is 0 Å². The van der Waals surface area contributed by atoms with E-state index >= 15 is 0 Å². The molecule has 0 amide bonds. The van der Waals surface area contributed by atoms with Crippen LogP contribution < -0.4 is 11.3 Å². The molecule has 0 fully saturated rings. The van der Waals surface area contributed by atoms with Crippen molar-refractivity contribution < 1.29 is 0 Å². The summed E-state index contributed by atoms with van der Waals surface area (Å²) in [5.41, 5.74) is 5.27. The zero-order valence-electron chi connectivity index (χ0n) is 9.12. The van der Waals surface area contributed by atoms with Crippen molar-refractivity contribution in [2.24, 2.45) is 5.84 Å². The van der Waals surface area contributed by atoms with Gasteiger partial charge in [0.25, 0.3) is 0 Å². The lowest BCUT2D eigenvalue weighted by atomic mass is 10.0. The molecule has 0 radical (unpaired) electrons. The van der Waals surface area contributed by atoms with Gasteiger partial charge in [-0.05, 0) is 36.2 Å². The van der Waals surface area contributed by atoms with Crippen LogP contribution in [0.3, 0.4) is 0 Å². The molecule has 15 heavy (non-hydrogen) atoms. The van der Waals surface area contributed by atoms with Crippen LogP contribution >= 0.6 is 0 Å². The van der Waals surface area contributed by atoms with E-state index in [-0.39, 0.29) is 6.04 Å². The summed E-state index contributed by atoms with van der Waals surface area (Å²) < 4.78 is 0. The fourth-order valence-electron chi connectivity index (χ4n) is 1.75. The SMILES string of the molecule is Cc1ccc2cc([C@H](C)NN)ccc2c1. The zero-order valence-corrected chi connectivity index (χ0v) is 9.12. The predicted octanol–water partition coefficient (Wildman–Crippen LogP) is 2.67. The first kappa shape index (κ1) is 10.1. The second-order valence-electron chi connectivity index (χ2n) is 4.00. The van der Waals surface area contributed by atoms with Crippen LogP contribution in [-0.2, 0) is 0 Å². The summed E-state index contributed by atoms with van der Waals surface area (Å²) in [6.07, 6.45) is 0. The summed E-state index contributed by atoms with van der Waals surface area (Å²) >= 11 is 0. The minimum absolute atomic E-state index is 0.190. The average Bonchev–Trinajstić information content (AvgIpc) is 2.27. The van der Waals surface area contributed by atoms with Gasteiger partial charge in [0, 0.05) is 6.04 Å². The molecule has 0 unspecified atom stereocenters. The average molecular weight is 200 g/mol. The quantitative estimate of drug-likeness (QED) is 0.577. The van der Waals surface area contributed by atoms with E-state index < -0.39 is 0 Å². The Kier molecular flexibility index (Phi) is 2.71. The Labute approximate surface area is 90.1 Å². The largest absolute Gasteiger partial charge is 0.271 e. The molecule has 0 heterocycles. The fraction of sp³-hybridized carbons (Fsp3) is 0.231. The molecule has 2 aromatic rings. The number of nitrogens with two attached hydrogens (primary N) is 1. The van der Waals surface area contributed by atoms with Crippen LogP contribution in [0.1, 0.15) is 24.1 Å². The van der Waals surface area contributed by atoms with E-state index in [1.807, 2.05) is 0 Å². The Morgan fingerprint density at radius 3 is 2.47 bits per heavy atom. The van der Waals surface area contributed by atoms with Gasteiger partial charge in [0.1, 0.15) is 0 Å². The number of benzene rings is 2. The Morgan fingerprint density at radius 2 is 1.73 bits per heavy atom. The molecular weight excluding hydrogens is 184 g/mol. The smallest absolute Gasteiger partial charge is 0.0432 e. The topological polar surface area (TPSA) is 38.0 Å². The second-order valence-corrected chi connectivity index (χ2v) is 4.00. The van der Waals surface area contributed by atoms with Gasteiger partial charge >= 0.3 is 0 Å². The van der Waals surface area contributed by atoms with Crippen molar-refractivity contribution in [1.82, 2.24) is 5.43 Å². The van der Waals surface area contributed by atoms with Crippen molar-refractivity contribution in [3.05, 3.63) is 47.5 Å². The molecule has 2 nitrogen and oxygen atoms in total. The first-order valence-electron chi connectivity index (χ1n) is 5.17. The Balaban J connectivity index is 2.52. The standard InChI is InChI=1S/C13H16N2/c1-9-3-4-13-8-11(10(2)15-14)5-6-12(13)7-9/h3-8,10,15H,14H2,1-2H3/t10-/m0/s1. The molecule has 0 aromatic heterocycles. The Bertz CT molecular complexity index is 477. The first-order chi connectivity index (χ1) is 7.20. The molecule has 0 aliphatic rings. The molecule has 0 aliphatic heterocycles. The maximum Gasteiger partial charge on any atom is 0.0432 e. The third-order valence-corrected chi connectivity index (χ3v) is 2.77. The first-order valence-corrected chi connectivity index (χ1v) is 5.17. The summed E-state index contributed by atoms with van der Waals surface area (Å²) in [6, 6.07) is 13.1. The molecule has 0 aliphatic carbocycles. The van der Waals surface area contributed by atoms with Gasteiger partial charge in [-0.25, -0.2) is 0 Å². The van der Waals surface area contributed by atoms with Crippen molar-refractivity contribution in [3.63, 3.8) is 0 Å². The monoisotopic (exact) mass is 200 g/mol. The van der Waals surface area contributed by atoms with Crippen LogP contribution in [0, 0.1) is 6.92 Å². The van der Waals surface area contributed by atoms with Gasteiger partial charge in [-0.15, -0.1) is 0 Å². The highest BCUT2D eigenvalue weighted by Gasteiger charge is 2.03. The molecule has 0 saturated heterocycles. The number of hydrogen-bond acceptors (Lipinski definition) is 2. The number of hydrazine groups is 1. The lowest BCUT2D eigenvalue weighted by molar-refractivity contribution is 0.603. The third kappa shape index (κ3) is 2.01. The van der Waals surface area contributed by atoms with Crippen molar-refractivity contribution in [2.45, 2.75) is 19.9 Å². The zero-order chi connectivity index (χ0) is 10.8. The summed E-state index contributed by atoms with van der Waals surface area (Å²) in [6.45, 7) is 4.16. The Hall–Kier alpha value is -1.38. The van der Waals surface area contributed by atoms with Crippen LogP contribution in [0.5, 0.6) is 0 Å². The Morgan fingerprint density at radius 1 is 1.07 bits per heavy atom. The molecule has 2 rings (SSSR count). The lowest BCUT2D eigenvalue weighted by Gasteiger charge is -2.11. The lowest BCUT2D eigenvalue weighted by Crippen LogP contribution is -2.25. The minimum atomic E-state index is 0.190. The van der Waals surface area contributed by atoms with Crippen molar-refractivity contribution in [2.75, 3.05) is 0 Å². The highest BCUT2D eigenvalue weighted by Crippen LogP contribution is 2.20. The van der Waals surface area contributed by atoms with Gasteiger partial charge < -0.3 is 0 Å². The number of fused-ring (bicyclic) bond motifs is 1. The number of aryl methyl sites for hydroxylation is 1. The molecule has 1 atom stereocenters. The molecule has 78 valence electrons. The molecule has 0 bridgehead atoms. The molecule has 0 saturated carbocycles. The number of nitrogens with one attached hydrogen (secondary N) is 1. The minimum Gasteiger partial charge on any atom is -0.271 e. The molecular formula is C13H16N2. The maximum atomic E-state index is 5.42. The third-order valence-electron chi connectivity index (χ3n) is 2.77. The summed E-state index contributed by atoms with van der Waals surface area (Å²) in [5, 5.41) is 2.54. The van der Waals surface area contributed by atoms with Crippen molar-refractivity contribution in [3.8, 4) is 0 Å². The van der Waals surface area contributed by atoms with Gasteiger partial charge in [-0.1, -0.05) is 35.9 Å². The second kappa shape index (κ2) is 4.01. The summed E-state index contributed by atoms with van der Waals surface area (Å²) in [7, 11) is 0. The fourth-order valence-corrected chi connectivity index (χ4v) is 1.75. The van der Waals surface area contributed by atoms with E-state index in [0.717, 1.165) is 0 Å². The van der Waals surface area contributed by atoms with Gasteiger partial charge in [0.2, 0.25) is 0 Å². The number of rotatable bonds is 2. The maximum absolute atomic E-state index is 5.42. The van der Waals surface area contributed by atoms with Crippen LogP contribution in [-0.4, -0.2) is 0 Å². The van der Waals surface area contributed by atoms with Crippen LogP contribution in [0.2, 0.25) is 0 Å². The predicted molar refractivity (Wildman–Crippen MR) is 64.4 cm³/mol. The summed E-state index contributed by atoms with van der Waals surface area (Å²) in [5.74, 6) is 5.42. The van der Waals surface area contributed by atoms with E-state index in [4.69, 9.17) is 5.84 Å². The molecule has 0 spiro atoms. The summed E-state index contributed by atoms with van der Waals surface area (Å²) in [4.78, 5) is 0. The van der Waals surface area contributed by atoms with E-state index in [1.54, 1.807) is 0 Å². The van der Waals surface area contributed by atoms with Crippen molar-refractivity contribution in [1.29, 1.82) is 0 Å². The van der Waals surface area contributed by atoms with Gasteiger partial charge in [-0.2, -0.15) is 0 Å². The van der Waals surface area contributed by atoms with Crippen LogP contribution in [0.4, 0.5) is 0 Å². The van der Waals surface area contributed by atoms with Gasteiger partial charge in [-0.3, -0.25) is 11.3 Å². The van der Waals surface area contributed by atoms with E-state index in [2.05, 4.69) is 55.7 Å². The van der Waals surface area contributed by atoms with E-state index in [0.29, 0.717) is 0 Å². The van der Waals surface area contributed by atoms with Gasteiger partial charge in [0.05, 0.1) is 0 Å². The highest BCUT2D eigenvalue weighted by molar-refractivity contribution is 5.83. The molecule has 3 N–H and O–H groups in total. The highest BCUT2D eigenvalue weighted by atomic mass is 15.2. The molecule has 2 heteroatoms. The van der Waals surface area contributed by atoms with E-state index in [1.165, 1.54) is 21.9 Å². The van der Waals surface area contributed by atoms with E-state index in [9.17, 15) is 0 Å². The van der Waals surface area contributed by atoms with Crippen LogP contribution in [0.25, 0.3) is 10.8 Å².